The van der Waals surface area contributed by atoms with E-state index in [1.54, 1.807) is 18.4 Å². The lowest BCUT2D eigenvalue weighted by atomic mass is 10.1. The molecule has 0 fully saturated rings. The summed E-state index contributed by atoms with van der Waals surface area (Å²) in [6, 6.07) is 10.00. The standard InChI is InChI=1S/C14H17ClN2OS/c1-18-14-5-4-10(7-12(14)15)13(8-16)17-9-11-3-2-6-19-11/h2-7,13,17H,8-9,16H2,1H3. The molecule has 3 N–H and O–H groups in total. The molecule has 19 heavy (non-hydrogen) atoms. The molecular formula is C14H17ClN2OS. The van der Waals surface area contributed by atoms with Crippen molar-refractivity contribution in [2.45, 2.75) is 12.6 Å². The molecule has 0 saturated heterocycles. The quantitative estimate of drug-likeness (QED) is 0.860. The van der Waals surface area contributed by atoms with Crippen molar-refractivity contribution in [3.05, 3.63) is 51.2 Å². The number of rotatable bonds is 6. The van der Waals surface area contributed by atoms with Gasteiger partial charge in [0.05, 0.1) is 12.1 Å². The van der Waals surface area contributed by atoms with Gasteiger partial charge in [0, 0.05) is 24.0 Å². The van der Waals surface area contributed by atoms with E-state index in [1.165, 1.54) is 4.88 Å². The maximum Gasteiger partial charge on any atom is 0.137 e. The summed E-state index contributed by atoms with van der Waals surface area (Å²) in [4.78, 5) is 1.29. The lowest BCUT2D eigenvalue weighted by Crippen LogP contribution is -2.27. The van der Waals surface area contributed by atoms with Crippen LogP contribution in [0.5, 0.6) is 5.75 Å². The van der Waals surface area contributed by atoms with Crippen LogP contribution in [0.1, 0.15) is 16.5 Å². The molecule has 0 aliphatic rings. The van der Waals surface area contributed by atoms with Gasteiger partial charge >= 0.3 is 0 Å². The molecule has 3 nitrogen and oxygen atoms in total. The van der Waals surface area contributed by atoms with Gasteiger partial charge in [0.25, 0.3) is 0 Å². The first-order valence-electron chi connectivity index (χ1n) is 6.04. The van der Waals surface area contributed by atoms with Gasteiger partial charge in [-0.1, -0.05) is 23.7 Å². The molecule has 0 bridgehead atoms. The zero-order valence-corrected chi connectivity index (χ0v) is 12.3. The Morgan fingerprint density at radius 2 is 2.26 bits per heavy atom. The molecule has 102 valence electrons. The van der Waals surface area contributed by atoms with Crippen molar-refractivity contribution in [3.63, 3.8) is 0 Å². The third kappa shape index (κ3) is 3.70. The summed E-state index contributed by atoms with van der Waals surface area (Å²) >= 11 is 7.87. The van der Waals surface area contributed by atoms with Gasteiger partial charge in [-0.3, -0.25) is 0 Å². The topological polar surface area (TPSA) is 47.3 Å². The SMILES string of the molecule is COc1ccc(C(CN)NCc2cccs2)cc1Cl. The maximum absolute atomic E-state index is 6.14. The Morgan fingerprint density at radius 3 is 2.84 bits per heavy atom. The molecule has 0 aliphatic heterocycles. The highest BCUT2D eigenvalue weighted by Crippen LogP contribution is 2.27. The first kappa shape index (κ1) is 14.3. The van der Waals surface area contributed by atoms with Crippen LogP contribution in [-0.2, 0) is 6.54 Å². The van der Waals surface area contributed by atoms with E-state index in [1.807, 2.05) is 24.3 Å². The molecule has 1 unspecified atom stereocenters. The number of nitrogens with one attached hydrogen (secondary N) is 1. The molecule has 2 rings (SSSR count). The second-order valence-corrected chi connectivity index (χ2v) is 5.58. The van der Waals surface area contributed by atoms with Crippen LogP contribution >= 0.6 is 22.9 Å². The number of halogens is 1. The maximum atomic E-state index is 6.14. The average molecular weight is 297 g/mol. The molecule has 1 heterocycles. The predicted octanol–water partition coefficient (Wildman–Crippen LogP) is 3.20. The van der Waals surface area contributed by atoms with E-state index in [-0.39, 0.29) is 6.04 Å². The molecular weight excluding hydrogens is 280 g/mol. The average Bonchev–Trinajstić information content (AvgIpc) is 2.93. The second kappa shape index (κ2) is 6.91. The Labute approximate surface area is 122 Å². The van der Waals surface area contributed by atoms with E-state index < -0.39 is 0 Å². The Hall–Kier alpha value is -1.07. The minimum atomic E-state index is 0.0884. The van der Waals surface area contributed by atoms with Crippen molar-refractivity contribution in [2.24, 2.45) is 5.73 Å². The molecule has 2 aromatic rings. The third-order valence-corrected chi connectivity index (χ3v) is 4.09. The summed E-state index contributed by atoms with van der Waals surface area (Å²) in [5, 5.41) is 6.11. The molecule has 0 aliphatic carbocycles. The highest BCUT2D eigenvalue weighted by atomic mass is 35.5. The summed E-state index contributed by atoms with van der Waals surface area (Å²) < 4.78 is 5.15. The number of nitrogens with two attached hydrogens (primary N) is 1. The van der Waals surface area contributed by atoms with Crippen molar-refractivity contribution in [1.82, 2.24) is 5.32 Å². The van der Waals surface area contributed by atoms with Gasteiger partial charge in [-0.2, -0.15) is 0 Å². The summed E-state index contributed by atoms with van der Waals surface area (Å²) in [5.41, 5.74) is 6.91. The van der Waals surface area contributed by atoms with Gasteiger partial charge in [0.1, 0.15) is 5.75 Å². The van der Waals surface area contributed by atoms with E-state index in [9.17, 15) is 0 Å². The van der Waals surface area contributed by atoms with E-state index in [0.717, 1.165) is 12.1 Å². The van der Waals surface area contributed by atoms with Crippen LogP contribution in [0.4, 0.5) is 0 Å². The third-order valence-electron chi connectivity index (χ3n) is 2.92. The fourth-order valence-electron chi connectivity index (χ4n) is 1.87. The van der Waals surface area contributed by atoms with Crippen molar-refractivity contribution in [2.75, 3.05) is 13.7 Å². The van der Waals surface area contributed by atoms with Gasteiger partial charge in [0.2, 0.25) is 0 Å². The van der Waals surface area contributed by atoms with Crippen molar-refractivity contribution in [1.29, 1.82) is 0 Å². The molecule has 0 radical (unpaired) electrons. The van der Waals surface area contributed by atoms with Gasteiger partial charge in [0.15, 0.2) is 0 Å². The number of thiophene rings is 1. The van der Waals surface area contributed by atoms with Gasteiger partial charge in [-0.05, 0) is 29.1 Å². The van der Waals surface area contributed by atoms with Crippen molar-refractivity contribution < 1.29 is 4.74 Å². The van der Waals surface area contributed by atoms with E-state index in [2.05, 4.69) is 16.8 Å². The van der Waals surface area contributed by atoms with Crippen molar-refractivity contribution >= 4 is 22.9 Å². The van der Waals surface area contributed by atoms with Gasteiger partial charge in [-0.15, -0.1) is 11.3 Å². The fourth-order valence-corrected chi connectivity index (χ4v) is 2.80. The summed E-state index contributed by atoms with van der Waals surface area (Å²) in [6.45, 7) is 1.33. The van der Waals surface area contributed by atoms with E-state index >= 15 is 0 Å². The van der Waals surface area contributed by atoms with Crippen LogP contribution in [0.25, 0.3) is 0 Å². The Bertz CT molecular complexity index is 516. The molecule has 5 heteroatoms. The minimum absolute atomic E-state index is 0.0884. The molecule has 0 saturated carbocycles. The second-order valence-electron chi connectivity index (χ2n) is 4.14. The lowest BCUT2D eigenvalue weighted by Gasteiger charge is -2.17. The molecule has 0 spiro atoms. The minimum Gasteiger partial charge on any atom is -0.495 e. The molecule has 1 atom stereocenters. The zero-order chi connectivity index (χ0) is 13.7. The smallest absolute Gasteiger partial charge is 0.137 e. The largest absolute Gasteiger partial charge is 0.495 e. The molecule has 0 amide bonds. The van der Waals surface area contributed by atoms with Crippen LogP contribution in [0.15, 0.2) is 35.7 Å². The Morgan fingerprint density at radius 1 is 1.42 bits per heavy atom. The van der Waals surface area contributed by atoms with Crippen LogP contribution < -0.4 is 15.8 Å². The van der Waals surface area contributed by atoms with Gasteiger partial charge < -0.3 is 15.8 Å². The fraction of sp³-hybridized carbons (Fsp3) is 0.286. The number of hydrogen-bond donors (Lipinski definition) is 2. The Kier molecular flexibility index (Phi) is 5.22. The monoisotopic (exact) mass is 296 g/mol. The van der Waals surface area contributed by atoms with Crippen LogP contribution in [-0.4, -0.2) is 13.7 Å². The number of benzene rings is 1. The highest BCUT2D eigenvalue weighted by molar-refractivity contribution is 7.09. The van der Waals surface area contributed by atoms with Crippen LogP contribution in [0.3, 0.4) is 0 Å². The Balaban J connectivity index is 2.06. The highest BCUT2D eigenvalue weighted by Gasteiger charge is 2.11. The summed E-state index contributed by atoms with van der Waals surface area (Å²) in [6.07, 6.45) is 0. The normalized spacial score (nSPS) is 12.4. The number of ether oxygens (including phenoxy) is 1. The summed E-state index contributed by atoms with van der Waals surface area (Å²) in [5.74, 6) is 0.680. The van der Waals surface area contributed by atoms with E-state index in [4.69, 9.17) is 22.1 Å². The first-order valence-corrected chi connectivity index (χ1v) is 7.29. The summed E-state index contributed by atoms with van der Waals surface area (Å²) in [7, 11) is 1.61. The van der Waals surface area contributed by atoms with E-state index in [0.29, 0.717) is 17.3 Å². The van der Waals surface area contributed by atoms with Crippen LogP contribution in [0, 0.1) is 0 Å². The first-order chi connectivity index (χ1) is 9.24. The molecule has 1 aromatic carbocycles. The number of methoxy groups -OCH3 is 1. The van der Waals surface area contributed by atoms with Gasteiger partial charge in [-0.25, -0.2) is 0 Å². The molecule has 1 aromatic heterocycles. The van der Waals surface area contributed by atoms with Crippen molar-refractivity contribution in [3.8, 4) is 5.75 Å². The predicted molar refractivity (Wildman–Crippen MR) is 81.0 cm³/mol. The number of hydrogen-bond acceptors (Lipinski definition) is 4. The lowest BCUT2D eigenvalue weighted by molar-refractivity contribution is 0.414. The van der Waals surface area contributed by atoms with Crippen LogP contribution in [0.2, 0.25) is 5.02 Å². The zero-order valence-electron chi connectivity index (χ0n) is 10.7.